The van der Waals surface area contributed by atoms with E-state index in [9.17, 15) is 0 Å². The SMILES string of the molecule is Cc1ccoc1-c1nc(N2CCCC(N)C2)n[nH]1. The van der Waals surface area contributed by atoms with E-state index < -0.39 is 0 Å². The fourth-order valence-corrected chi connectivity index (χ4v) is 2.30. The molecule has 1 aliphatic rings. The molecule has 1 aliphatic heterocycles. The van der Waals surface area contributed by atoms with E-state index in [2.05, 4.69) is 20.1 Å². The van der Waals surface area contributed by atoms with Crippen molar-refractivity contribution in [3.05, 3.63) is 17.9 Å². The van der Waals surface area contributed by atoms with Crippen molar-refractivity contribution in [2.75, 3.05) is 18.0 Å². The molecule has 1 unspecified atom stereocenters. The van der Waals surface area contributed by atoms with Crippen LogP contribution in [0.5, 0.6) is 0 Å². The van der Waals surface area contributed by atoms with Gasteiger partial charge in [0.2, 0.25) is 5.95 Å². The monoisotopic (exact) mass is 247 g/mol. The Hall–Kier alpha value is -1.82. The molecule has 0 radical (unpaired) electrons. The number of H-pyrrole nitrogens is 1. The van der Waals surface area contributed by atoms with E-state index in [-0.39, 0.29) is 6.04 Å². The molecular weight excluding hydrogens is 230 g/mol. The largest absolute Gasteiger partial charge is 0.461 e. The molecule has 6 nitrogen and oxygen atoms in total. The number of nitrogens with two attached hydrogens (primary N) is 1. The maximum absolute atomic E-state index is 5.96. The lowest BCUT2D eigenvalue weighted by molar-refractivity contribution is 0.500. The zero-order valence-corrected chi connectivity index (χ0v) is 10.4. The molecule has 2 aromatic heterocycles. The predicted octanol–water partition coefficient (Wildman–Crippen LogP) is 1.30. The van der Waals surface area contributed by atoms with Crippen molar-refractivity contribution < 1.29 is 4.42 Å². The van der Waals surface area contributed by atoms with Crippen LogP contribution in [-0.2, 0) is 0 Å². The van der Waals surface area contributed by atoms with Gasteiger partial charge in [0.05, 0.1) is 6.26 Å². The zero-order valence-electron chi connectivity index (χ0n) is 10.4. The third-order valence-electron chi connectivity index (χ3n) is 3.29. The Bertz CT molecular complexity index is 532. The number of rotatable bonds is 2. The van der Waals surface area contributed by atoms with Gasteiger partial charge in [0, 0.05) is 19.1 Å². The van der Waals surface area contributed by atoms with Crippen molar-refractivity contribution in [1.82, 2.24) is 15.2 Å². The predicted molar refractivity (Wildman–Crippen MR) is 68.2 cm³/mol. The van der Waals surface area contributed by atoms with Gasteiger partial charge in [0.1, 0.15) is 0 Å². The van der Waals surface area contributed by atoms with Gasteiger partial charge >= 0.3 is 0 Å². The van der Waals surface area contributed by atoms with Crippen LogP contribution in [0.2, 0.25) is 0 Å². The van der Waals surface area contributed by atoms with Gasteiger partial charge in [-0.2, -0.15) is 4.98 Å². The van der Waals surface area contributed by atoms with Gasteiger partial charge in [-0.1, -0.05) is 0 Å². The van der Waals surface area contributed by atoms with Crippen LogP contribution in [0.4, 0.5) is 5.95 Å². The summed E-state index contributed by atoms with van der Waals surface area (Å²) in [5.41, 5.74) is 7.01. The van der Waals surface area contributed by atoms with Gasteiger partial charge in [-0.15, -0.1) is 5.10 Å². The van der Waals surface area contributed by atoms with Crippen LogP contribution in [0.15, 0.2) is 16.7 Å². The molecular formula is C12H17N5O. The summed E-state index contributed by atoms with van der Waals surface area (Å²) in [4.78, 5) is 6.60. The van der Waals surface area contributed by atoms with Crippen molar-refractivity contribution in [1.29, 1.82) is 0 Å². The molecule has 2 aromatic rings. The molecule has 0 aliphatic carbocycles. The standard InChI is InChI=1S/C12H17N5O/c1-8-4-6-18-10(8)11-14-12(16-15-11)17-5-2-3-9(13)7-17/h4,6,9H,2-3,5,7,13H2,1H3,(H,14,15,16). The Balaban J connectivity index is 1.83. The second-order valence-electron chi connectivity index (χ2n) is 4.77. The number of nitrogens with zero attached hydrogens (tertiary/aromatic N) is 3. The van der Waals surface area contributed by atoms with Crippen molar-refractivity contribution in [3.63, 3.8) is 0 Å². The number of hydrogen-bond acceptors (Lipinski definition) is 5. The van der Waals surface area contributed by atoms with Crippen molar-refractivity contribution in [3.8, 4) is 11.6 Å². The summed E-state index contributed by atoms with van der Waals surface area (Å²) in [6.07, 6.45) is 3.82. The van der Waals surface area contributed by atoms with Crippen LogP contribution in [-0.4, -0.2) is 34.3 Å². The maximum Gasteiger partial charge on any atom is 0.245 e. The number of aryl methyl sites for hydroxylation is 1. The van der Waals surface area contributed by atoms with Gasteiger partial charge < -0.3 is 15.1 Å². The van der Waals surface area contributed by atoms with Crippen LogP contribution in [0.25, 0.3) is 11.6 Å². The minimum absolute atomic E-state index is 0.214. The van der Waals surface area contributed by atoms with E-state index in [0.717, 1.165) is 37.3 Å². The molecule has 0 amide bonds. The normalized spacial score (nSPS) is 20.3. The van der Waals surface area contributed by atoms with Gasteiger partial charge in [0.25, 0.3) is 0 Å². The minimum atomic E-state index is 0.214. The smallest absolute Gasteiger partial charge is 0.245 e. The number of aromatic nitrogens is 3. The number of anilines is 1. The lowest BCUT2D eigenvalue weighted by atomic mass is 10.1. The summed E-state index contributed by atoms with van der Waals surface area (Å²) >= 11 is 0. The summed E-state index contributed by atoms with van der Waals surface area (Å²) in [6.45, 7) is 3.76. The van der Waals surface area contributed by atoms with Gasteiger partial charge in [0.15, 0.2) is 11.6 Å². The van der Waals surface area contributed by atoms with E-state index in [1.165, 1.54) is 0 Å². The van der Waals surface area contributed by atoms with Gasteiger partial charge in [-0.05, 0) is 31.4 Å². The molecule has 3 N–H and O–H groups in total. The molecule has 0 spiro atoms. The van der Waals surface area contributed by atoms with Crippen LogP contribution < -0.4 is 10.6 Å². The minimum Gasteiger partial charge on any atom is -0.461 e. The van der Waals surface area contributed by atoms with E-state index in [1.807, 2.05) is 13.0 Å². The molecule has 18 heavy (non-hydrogen) atoms. The van der Waals surface area contributed by atoms with E-state index >= 15 is 0 Å². The Labute approximate surface area is 105 Å². The fourth-order valence-electron chi connectivity index (χ4n) is 2.30. The first-order valence-corrected chi connectivity index (χ1v) is 6.21. The Morgan fingerprint density at radius 3 is 3.17 bits per heavy atom. The zero-order chi connectivity index (χ0) is 12.5. The number of nitrogens with one attached hydrogen (secondary N) is 1. The molecule has 0 aromatic carbocycles. The average molecular weight is 247 g/mol. The molecule has 0 saturated carbocycles. The highest BCUT2D eigenvalue weighted by Gasteiger charge is 2.21. The Morgan fingerprint density at radius 1 is 1.56 bits per heavy atom. The maximum atomic E-state index is 5.96. The van der Waals surface area contributed by atoms with Crippen molar-refractivity contribution in [2.24, 2.45) is 5.73 Å². The van der Waals surface area contributed by atoms with Crippen molar-refractivity contribution >= 4 is 5.95 Å². The third-order valence-corrected chi connectivity index (χ3v) is 3.29. The first kappa shape index (κ1) is 11.3. The summed E-state index contributed by atoms with van der Waals surface area (Å²) < 4.78 is 5.40. The highest BCUT2D eigenvalue weighted by molar-refractivity contribution is 5.53. The molecule has 96 valence electrons. The average Bonchev–Trinajstić information content (AvgIpc) is 2.97. The molecule has 6 heteroatoms. The first-order valence-electron chi connectivity index (χ1n) is 6.21. The van der Waals surface area contributed by atoms with Gasteiger partial charge in [-0.3, -0.25) is 5.10 Å². The highest BCUT2D eigenvalue weighted by Crippen LogP contribution is 2.23. The van der Waals surface area contributed by atoms with Gasteiger partial charge in [-0.25, -0.2) is 0 Å². The highest BCUT2D eigenvalue weighted by atomic mass is 16.3. The quantitative estimate of drug-likeness (QED) is 0.835. The van der Waals surface area contributed by atoms with Crippen LogP contribution in [0.1, 0.15) is 18.4 Å². The summed E-state index contributed by atoms with van der Waals surface area (Å²) in [6, 6.07) is 2.12. The number of furan rings is 1. The topological polar surface area (TPSA) is 84.0 Å². The molecule has 3 heterocycles. The summed E-state index contributed by atoms with van der Waals surface area (Å²) in [5, 5.41) is 7.17. The Morgan fingerprint density at radius 2 is 2.44 bits per heavy atom. The molecule has 1 saturated heterocycles. The van der Waals surface area contributed by atoms with E-state index in [0.29, 0.717) is 11.8 Å². The van der Waals surface area contributed by atoms with Crippen molar-refractivity contribution in [2.45, 2.75) is 25.8 Å². The first-order chi connectivity index (χ1) is 8.74. The van der Waals surface area contributed by atoms with E-state index in [4.69, 9.17) is 10.2 Å². The molecule has 1 atom stereocenters. The lowest BCUT2D eigenvalue weighted by Gasteiger charge is -2.29. The number of aromatic amines is 1. The number of piperidine rings is 1. The second kappa shape index (κ2) is 4.45. The van der Waals surface area contributed by atoms with Crippen LogP contribution >= 0.6 is 0 Å². The molecule has 1 fully saturated rings. The summed E-state index contributed by atoms with van der Waals surface area (Å²) in [7, 11) is 0. The lowest BCUT2D eigenvalue weighted by Crippen LogP contribution is -2.43. The third kappa shape index (κ3) is 1.99. The fraction of sp³-hybridized carbons (Fsp3) is 0.500. The molecule has 3 rings (SSSR count). The summed E-state index contributed by atoms with van der Waals surface area (Å²) in [5.74, 6) is 2.12. The number of hydrogen-bond donors (Lipinski definition) is 2. The van der Waals surface area contributed by atoms with E-state index in [1.54, 1.807) is 6.26 Å². The second-order valence-corrected chi connectivity index (χ2v) is 4.77. The van der Waals surface area contributed by atoms with Crippen LogP contribution in [0, 0.1) is 6.92 Å². The van der Waals surface area contributed by atoms with Crippen LogP contribution in [0.3, 0.4) is 0 Å². The Kier molecular flexibility index (Phi) is 2.79. The molecule has 0 bridgehead atoms.